The van der Waals surface area contributed by atoms with Crippen molar-refractivity contribution in [1.29, 1.82) is 0 Å². The van der Waals surface area contributed by atoms with E-state index in [2.05, 4.69) is 26.8 Å². The normalized spacial score (nSPS) is 10.6. The van der Waals surface area contributed by atoms with Crippen LogP contribution in [0.25, 0.3) is 0 Å². The fraction of sp³-hybridized carbons (Fsp3) is 0.0769. The molecule has 21 heavy (non-hydrogen) atoms. The number of benzene rings is 1. The Morgan fingerprint density at radius 1 is 1.33 bits per heavy atom. The van der Waals surface area contributed by atoms with E-state index in [4.69, 9.17) is 5.73 Å². The molecule has 1 heterocycles. The van der Waals surface area contributed by atoms with Crippen LogP contribution in [0.2, 0.25) is 0 Å². The molecule has 0 saturated carbocycles. The van der Waals surface area contributed by atoms with Crippen LogP contribution in [0.1, 0.15) is 5.56 Å². The lowest BCUT2D eigenvalue weighted by atomic mass is 10.2. The van der Waals surface area contributed by atoms with Crippen molar-refractivity contribution in [1.82, 2.24) is 10.2 Å². The minimum Gasteiger partial charge on any atom is -0.320 e. The van der Waals surface area contributed by atoms with Crippen LogP contribution in [-0.4, -0.2) is 25.2 Å². The van der Waals surface area contributed by atoms with E-state index in [1.54, 1.807) is 0 Å². The molecule has 2 aromatic rings. The topological polar surface area (TPSA) is 98.0 Å². The molecule has 1 aromatic heterocycles. The van der Waals surface area contributed by atoms with Crippen molar-refractivity contribution in [3.8, 4) is 11.8 Å². The highest BCUT2D eigenvalue weighted by Gasteiger charge is 2.19. The zero-order chi connectivity index (χ0) is 15.3. The van der Waals surface area contributed by atoms with Crippen LogP contribution in [0.4, 0.5) is 10.2 Å². The van der Waals surface area contributed by atoms with E-state index >= 15 is 0 Å². The summed E-state index contributed by atoms with van der Waals surface area (Å²) in [4.78, 5) is -0.494. The number of rotatable bonds is 3. The van der Waals surface area contributed by atoms with Gasteiger partial charge in [0.05, 0.1) is 6.54 Å². The number of hydrogen-bond acceptors (Lipinski definition) is 5. The maximum absolute atomic E-state index is 13.9. The van der Waals surface area contributed by atoms with E-state index in [9.17, 15) is 12.8 Å². The molecule has 0 amide bonds. The van der Waals surface area contributed by atoms with Crippen LogP contribution >= 0.6 is 0 Å². The Hall–Kier alpha value is -2.50. The van der Waals surface area contributed by atoms with E-state index in [0.29, 0.717) is 5.56 Å². The third-order valence-corrected chi connectivity index (χ3v) is 3.76. The van der Waals surface area contributed by atoms with Crippen molar-refractivity contribution in [3.63, 3.8) is 0 Å². The van der Waals surface area contributed by atoms with Gasteiger partial charge in [-0.3, -0.25) is 4.72 Å². The maximum atomic E-state index is 13.9. The minimum absolute atomic E-state index is 0.00361. The van der Waals surface area contributed by atoms with Crippen LogP contribution in [-0.2, 0) is 10.0 Å². The van der Waals surface area contributed by atoms with Gasteiger partial charge in [-0.05, 0) is 30.3 Å². The fourth-order valence-corrected chi connectivity index (χ4v) is 2.56. The van der Waals surface area contributed by atoms with Gasteiger partial charge < -0.3 is 5.73 Å². The Morgan fingerprint density at radius 2 is 2.14 bits per heavy atom. The lowest BCUT2D eigenvalue weighted by Gasteiger charge is -2.07. The Labute approximate surface area is 121 Å². The highest BCUT2D eigenvalue weighted by atomic mass is 32.2. The molecule has 0 radical (unpaired) electrons. The second kappa shape index (κ2) is 6.30. The molecule has 0 saturated heterocycles. The van der Waals surface area contributed by atoms with Gasteiger partial charge in [-0.2, -0.15) is 5.10 Å². The van der Waals surface area contributed by atoms with Gasteiger partial charge in [0.1, 0.15) is 10.7 Å². The Balaban J connectivity index is 2.32. The van der Waals surface area contributed by atoms with E-state index < -0.39 is 20.7 Å². The highest BCUT2D eigenvalue weighted by molar-refractivity contribution is 7.92. The summed E-state index contributed by atoms with van der Waals surface area (Å²) in [6.07, 6.45) is 1.39. The molecule has 3 N–H and O–H groups in total. The first kappa shape index (κ1) is 14.9. The molecule has 2 rings (SSSR count). The van der Waals surface area contributed by atoms with Crippen molar-refractivity contribution in [3.05, 3.63) is 47.9 Å². The molecule has 0 aliphatic carbocycles. The number of sulfonamides is 1. The third-order valence-electron chi connectivity index (χ3n) is 2.37. The predicted molar refractivity (Wildman–Crippen MR) is 75.2 cm³/mol. The molecule has 0 aliphatic rings. The second-order valence-corrected chi connectivity index (χ2v) is 5.52. The van der Waals surface area contributed by atoms with E-state index in [-0.39, 0.29) is 12.4 Å². The van der Waals surface area contributed by atoms with Crippen molar-refractivity contribution >= 4 is 15.8 Å². The van der Waals surface area contributed by atoms with E-state index in [1.165, 1.54) is 24.4 Å². The number of halogens is 1. The van der Waals surface area contributed by atoms with Crippen LogP contribution < -0.4 is 10.5 Å². The fourth-order valence-electron chi connectivity index (χ4n) is 1.50. The van der Waals surface area contributed by atoms with Gasteiger partial charge in [-0.1, -0.05) is 11.8 Å². The molecule has 0 atom stereocenters. The van der Waals surface area contributed by atoms with Crippen molar-refractivity contribution in [2.75, 3.05) is 11.3 Å². The van der Waals surface area contributed by atoms with E-state index in [1.807, 2.05) is 0 Å². The lowest BCUT2D eigenvalue weighted by molar-refractivity contribution is 0.570. The van der Waals surface area contributed by atoms with Crippen LogP contribution in [0.3, 0.4) is 0 Å². The van der Waals surface area contributed by atoms with Crippen molar-refractivity contribution in [2.45, 2.75) is 4.90 Å². The minimum atomic E-state index is -4.08. The Kier molecular flexibility index (Phi) is 4.47. The summed E-state index contributed by atoms with van der Waals surface area (Å²) < 4.78 is 40.2. The van der Waals surface area contributed by atoms with Crippen molar-refractivity contribution < 1.29 is 12.8 Å². The summed E-state index contributed by atoms with van der Waals surface area (Å²) in [7, 11) is -4.08. The van der Waals surface area contributed by atoms with Gasteiger partial charge in [0, 0.05) is 11.8 Å². The largest absolute Gasteiger partial charge is 0.320 e. The van der Waals surface area contributed by atoms with Gasteiger partial charge in [0.25, 0.3) is 10.0 Å². The Bertz CT molecular complexity index is 798. The van der Waals surface area contributed by atoms with Crippen LogP contribution in [0.5, 0.6) is 0 Å². The predicted octanol–water partition coefficient (Wildman–Crippen LogP) is 0.727. The summed E-state index contributed by atoms with van der Waals surface area (Å²) in [6.45, 7) is 0.135. The van der Waals surface area contributed by atoms with E-state index in [0.717, 1.165) is 12.1 Å². The first-order valence-electron chi connectivity index (χ1n) is 5.82. The second-order valence-electron chi connectivity index (χ2n) is 3.87. The molecular weight excluding hydrogens is 295 g/mol. The third kappa shape index (κ3) is 3.75. The number of nitrogens with two attached hydrogens (primary N) is 1. The molecule has 1 aromatic carbocycles. The zero-order valence-corrected chi connectivity index (χ0v) is 11.6. The number of nitrogens with one attached hydrogen (secondary N) is 1. The van der Waals surface area contributed by atoms with Gasteiger partial charge in [0.2, 0.25) is 0 Å². The van der Waals surface area contributed by atoms with Gasteiger partial charge in [-0.15, -0.1) is 5.10 Å². The average molecular weight is 306 g/mol. The standard InChI is InChI=1S/C13H11FN4O2S/c14-11-9-10(3-1-7-15)5-6-12(11)21(19,20)18-13-4-2-8-16-17-13/h2,4-6,8-9H,7,15H2,(H,17,18). The molecule has 0 aliphatic heterocycles. The zero-order valence-electron chi connectivity index (χ0n) is 10.7. The summed E-state index contributed by atoms with van der Waals surface area (Å²) in [5, 5.41) is 7.11. The average Bonchev–Trinajstić information content (AvgIpc) is 2.45. The van der Waals surface area contributed by atoms with Crippen LogP contribution in [0.15, 0.2) is 41.4 Å². The number of aromatic nitrogens is 2. The Morgan fingerprint density at radius 3 is 2.76 bits per heavy atom. The van der Waals surface area contributed by atoms with Gasteiger partial charge >= 0.3 is 0 Å². The molecular formula is C13H11FN4O2S. The van der Waals surface area contributed by atoms with Crippen LogP contribution in [0, 0.1) is 17.7 Å². The smallest absolute Gasteiger partial charge is 0.266 e. The highest BCUT2D eigenvalue weighted by Crippen LogP contribution is 2.18. The quantitative estimate of drug-likeness (QED) is 0.815. The molecule has 0 spiro atoms. The van der Waals surface area contributed by atoms with Gasteiger partial charge in [0.15, 0.2) is 5.82 Å². The first-order chi connectivity index (χ1) is 10.0. The van der Waals surface area contributed by atoms with Gasteiger partial charge in [-0.25, -0.2) is 12.8 Å². The molecule has 108 valence electrons. The first-order valence-corrected chi connectivity index (χ1v) is 7.30. The molecule has 0 bridgehead atoms. The number of nitrogens with zero attached hydrogens (tertiary/aromatic N) is 2. The maximum Gasteiger partial charge on any atom is 0.266 e. The summed E-state index contributed by atoms with van der Waals surface area (Å²) in [5.41, 5.74) is 5.56. The molecule has 0 unspecified atom stereocenters. The van der Waals surface area contributed by atoms with Crippen molar-refractivity contribution in [2.24, 2.45) is 5.73 Å². The molecule has 8 heteroatoms. The number of hydrogen-bond donors (Lipinski definition) is 2. The summed E-state index contributed by atoms with van der Waals surface area (Å²) in [6, 6.07) is 6.48. The molecule has 6 nitrogen and oxygen atoms in total. The summed E-state index contributed by atoms with van der Waals surface area (Å²) in [5.74, 6) is 4.27. The monoisotopic (exact) mass is 306 g/mol. The SMILES string of the molecule is NCC#Cc1ccc(S(=O)(=O)Nc2cccnn2)c(F)c1. The number of anilines is 1. The lowest BCUT2D eigenvalue weighted by Crippen LogP contribution is -2.15. The summed E-state index contributed by atoms with van der Waals surface area (Å²) >= 11 is 0. The molecule has 0 fully saturated rings.